The smallest absolute Gasteiger partial charge is 0.231 e. The summed E-state index contributed by atoms with van der Waals surface area (Å²) in [6, 6.07) is 20.0. The molecule has 4 aromatic carbocycles. The Balaban J connectivity index is 1.31. The summed E-state index contributed by atoms with van der Waals surface area (Å²) in [6.45, 7) is 2.25. The van der Waals surface area contributed by atoms with Gasteiger partial charge in [-0.05, 0) is 77.6 Å². The lowest BCUT2D eigenvalue weighted by Crippen LogP contribution is -2.39. The monoisotopic (exact) mass is 599 g/mol. The number of aromatic nitrogens is 2. The number of fused-ring (bicyclic) bond motifs is 6. The maximum atomic E-state index is 11.4. The molecule has 0 fully saturated rings. The third-order valence-electron chi connectivity index (χ3n) is 8.80. The van der Waals surface area contributed by atoms with Crippen LogP contribution in [0.2, 0.25) is 10.0 Å². The molecule has 0 radical (unpaired) electrons. The number of phenols is 1. The van der Waals surface area contributed by atoms with Crippen LogP contribution >= 0.6 is 23.2 Å². The van der Waals surface area contributed by atoms with Crippen molar-refractivity contribution < 1.29 is 19.3 Å². The highest BCUT2D eigenvalue weighted by molar-refractivity contribution is 6.35. The van der Waals surface area contributed by atoms with Gasteiger partial charge in [0.2, 0.25) is 6.79 Å². The van der Waals surface area contributed by atoms with Crippen LogP contribution in [0.15, 0.2) is 60.7 Å². The highest BCUT2D eigenvalue weighted by Crippen LogP contribution is 2.49. The number of benzene rings is 4. The molecule has 0 bridgehead atoms. The Hall–Kier alpha value is -3.91. The number of hydrogen-bond donors (Lipinski definition) is 1. The van der Waals surface area contributed by atoms with Crippen molar-refractivity contribution in [3.63, 3.8) is 0 Å². The first-order chi connectivity index (χ1) is 20.5. The average Bonchev–Trinajstić information content (AvgIpc) is 3.61. The summed E-state index contributed by atoms with van der Waals surface area (Å²) in [5, 5.41) is 12.6. The fraction of sp³-hybridized carbons (Fsp3) is 0.242. The SMILES string of the molecule is COc1cc(-c2nc3ccccc3n2Cc2ccc(Cl)cc2Cl)c2c(c1O)CN1CCc3cc4c(cc3C1C2)OCO4. The highest BCUT2D eigenvalue weighted by atomic mass is 35.5. The largest absolute Gasteiger partial charge is 0.504 e. The van der Waals surface area contributed by atoms with E-state index >= 15 is 0 Å². The molecule has 0 saturated heterocycles. The van der Waals surface area contributed by atoms with E-state index in [4.69, 9.17) is 42.4 Å². The Morgan fingerprint density at radius 1 is 1.02 bits per heavy atom. The van der Waals surface area contributed by atoms with Crippen molar-refractivity contribution in [2.75, 3.05) is 20.4 Å². The molecule has 0 saturated carbocycles. The molecule has 0 aliphatic carbocycles. The van der Waals surface area contributed by atoms with Crippen molar-refractivity contribution in [3.8, 4) is 34.4 Å². The van der Waals surface area contributed by atoms with Gasteiger partial charge in [0.05, 0.1) is 24.7 Å². The predicted molar refractivity (Wildman–Crippen MR) is 162 cm³/mol. The molecular weight excluding hydrogens is 573 g/mol. The van der Waals surface area contributed by atoms with Crippen LogP contribution in [-0.4, -0.2) is 40.0 Å². The van der Waals surface area contributed by atoms with E-state index in [-0.39, 0.29) is 18.6 Å². The van der Waals surface area contributed by atoms with E-state index in [1.807, 2.05) is 36.4 Å². The van der Waals surface area contributed by atoms with Gasteiger partial charge in [-0.15, -0.1) is 0 Å². The van der Waals surface area contributed by atoms with Crippen molar-refractivity contribution >= 4 is 34.2 Å². The van der Waals surface area contributed by atoms with Crippen molar-refractivity contribution in [3.05, 3.63) is 98.5 Å². The Kier molecular flexibility index (Phi) is 6.03. The number of ether oxygens (including phenoxy) is 3. The van der Waals surface area contributed by atoms with Crippen LogP contribution in [0, 0.1) is 0 Å². The molecule has 1 unspecified atom stereocenters. The number of rotatable bonds is 4. The van der Waals surface area contributed by atoms with Crippen LogP contribution in [-0.2, 0) is 25.9 Å². The van der Waals surface area contributed by atoms with Crippen molar-refractivity contribution in [1.82, 2.24) is 14.5 Å². The number of halogens is 2. The highest BCUT2D eigenvalue weighted by Gasteiger charge is 2.37. The van der Waals surface area contributed by atoms with Gasteiger partial charge >= 0.3 is 0 Å². The van der Waals surface area contributed by atoms with E-state index in [2.05, 4.69) is 27.7 Å². The molecule has 0 spiro atoms. The van der Waals surface area contributed by atoms with E-state index in [1.165, 1.54) is 11.1 Å². The molecule has 42 heavy (non-hydrogen) atoms. The summed E-state index contributed by atoms with van der Waals surface area (Å²) < 4.78 is 19.3. The van der Waals surface area contributed by atoms with Crippen molar-refractivity contribution in [1.29, 1.82) is 0 Å². The fourth-order valence-electron chi connectivity index (χ4n) is 6.73. The van der Waals surface area contributed by atoms with Crippen molar-refractivity contribution in [2.24, 2.45) is 0 Å². The summed E-state index contributed by atoms with van der Waals surface area (Å²) in [4.78, 5) is 7.58. The van der Waals surface area contributed by atoms with Gasteiger partial charge in [0.25, 0.3) is 0 Å². The van der Waals surface area contributed by atoms with Crippen LogP contribution in [0.5, 0.6) is 23.0 Å². The first kappa shape index (κ1) is 25.8. The lowest BCUT2D eigenvalue weighted by molar-refractivity contribution is 0.158. The number of methoxy groups -OCH3 is 1. The van der Waals surface area contributed by atoms with E-state index in [9.17, 15) is 5.11 Å². The van der Waals surface area contributed by atoms with Gasteiger partial charge in [0.15, 0.2) is 23.0 Å². The molecule has 4 heterocycles. The third-order valence-corrected chi connectivity index (χ3v) is 9.39. The maximum Gasteiger partial charge on any atom is 0.231 e. The van der Waals surface area contributed by atoms with E-state index in [1.54, 1.807) is 13.2 Å². The summed E-state index contributed by atoms with van der Waals surface area (Å²) in [5.74, 6) is 3.03. The minimum absolute atomic E-state index is 0.130. The summed E-state index contributed by atoms with van der Waals surface area (Å²) in [7, 11) is 1.59. The Morgan fingerprint density at radius 2 is 1.86 bits per heavy atom. The minimum atomic E-state index is 0.130. The third kappa shape index (κ3) is 4.02. The van der Waals surface area contributed by atoms with Crippen LogP contribution in [0.3, 0.4) is 0 Å². The first-order valence-corrected chi connectivity index (χ1v) is 14.7. The molecule has 7 nitrogen and oxygen atoms in total. The van der Waals surface area contributed by atoms with Gasteiger partial charge in [-0.1, -0.05) is 41.4 Å². The second-order valence-electron chi connectivity index (χ2n) is 11.0. The summed E-state index contributed by atoms with van der Waals surface area (Å²) >= 11 is 12.9. The molecule has 1 N–H and O–H groups in total. The molecule has 1 atom stereocenters. The van der Waals surface area contributed by atoms with Gasteiger partial charge < -0.3 is 23.9 Å². The Labute approximate surface area is 252 Å². The minimum Gasteiger partial charge on any atom is -0.504 e. The lowest BCUT2D eigenvalue weighted by atomic mass is 9.81. The molecular formula is C33H27Cl2N3O4. The van der Waals surface area contributed by atoms with Crippen LogP contribution in [0.1, 0.15) is 33.9 Å². The number of nitrogens with zero attached hydrogens (tertiary/aromatic N) is 3. The zero-order chi connectivity index (χ0) is 28.5. The van der Waals surface area contributed by atoms with Crippen LogP contribution in [0.25, 0.3) is 22.4 Å². The average molecular weight is 601 g/mol. The van der Waals surface area contributed by atoms with Gasteiger partial charge in [-0.3, -0.25) is 4.90 Å². The number of hydrogen-bond acceptors (Lipinski definition) is 6. The molecule has 5 aromatic rings. The number of phenolic OH excluding ortho intramolecular Hbond substituents is 1. The fourth-order valence-corrected chi connectivity index (χ4v) is 7.20. The zero-order valence-corrected chi connectivity index (χ0v) is 24.4. The van der Waals surface area contributed by atoms with Gasteiger partial charge in [0, 0.05) is 40.3 Å². The van der Waals surface area contributed by atoms with E-state index in [0.29, 0.717) is 35.3 Å². The van der Waals surface area contributed by atoms with Gasteiger partial charge in [-0.2, -0.15) is 0 Å². The van der Waals surface area contributed by atoms with E-state index < -0.39 is 0 Å². The maximum absolute atomic E-state index is 11.4. The Morgan fingerprint density at radius 3 is 2.69 bits per heavy atom. The molecule has 3 aliphatic rings. The lowest BCUT2D eigenvalue weighted by Gasteiger charge is -2.42. The second-order valence-corrected chi connectivity index (χ2v) is 11.9. The normalized spacial score (nSPS) is 17.2. The van der Waals surface area contributed by atoms with Crippen molar-refractivity contribution in [2.45, 2.75) is 32.0 Å². The molecule has 3 aliphatic heterocycles. The molecule has 212 valence electrons. The number of para-hydroxylation sites is 2. The number of aromatic hydroxyl groups is 1. The number of imidazole rings is 1. The summed E-state index contributed by atoms with van der Waals surface area (Å²) in [5.41, 5.74) is 8.24. The molecule has 9 heteroatoms. The standard InChI is InChI=1S/C33H27Cl2N3O4/c1-40-31-14-23(33-36-26-4-2-3-5-27(26)38(33)15-19-6-7-20(34)11-25(19)35)22-12-28-21-13-30-29(41-17-42-30)10-18(21)8-9-37(28)16-24(22)32(31)39/h2-7,10-11,13-14,28,39H,8-9,12,15-17H2,1H3. The van der Waals surface area contributed by atoms with E-state index in [0.717, 1.165) is 63.6 Å². The first-order valence-electron chi connectivity index (χ1n) is 14.0. The summed E-state index contributed by atoms with van der Waals surface area (Å²) in [6.07, 6.45) is 1.62. The predicted octanol–water partition coefficient (Wildman–Crippen LogP) is 7.16. The van der Waals surface area contributed by atoms with Gasteiger partial charge in [-0.25, -0.2) is 4.98 Å². The molecule has 8 rings (SSSR count). The quantitative estimate of drug-likeness (QED) is 0.236. The topological polar surface area (TPSA) is 69.0 Å². The molecule has 0 amide bonds. The molecule has 1 aromatic heterocycles. The Bertz CT molecular complexity index is 1900. The zero-order valence-electron chi connectivity index (χ0n) is 22.9. The van der Waals surface area contributed by atoms with Gasteiger partial charge in [0.1, 0.15) is 5.82 Å². The second kappa shape index (κ2) is 9.83. The van der Waals surface area contributed by atoms with Crippen LogP contribution < -0.4 is 14.2 Å². The van der Waals surface area contributed by atoms with Crippen LogP contribution in [0.4, 0.5) is 0 Å².